The molecular formula is C21H26Cl2N4O4. The average molecular weight is 469 g/mol. The summed E-state index contributed by atoms with van der Waals surface area (Å²) in [7, 11) is 2.99. The maximum absolute atomic E-state index is 13.3. The molecular weight excluding hydrogens is 443 g/mol. The molecule has 3 rings (SSSR count). The summed E-state index contributed by atoms with van der Waals surface area (Å²) in [6, 6.07) is 4.80. The van der Waals surface area contributed by atoms with Gasteiger partial charge in [0.1, 0.15) is 11.5 Å². The summed E-state index contributed by atoms with van der Waals surface area (Å²) >= 11 is 12.4. The molecule has 31 heavy (non-hydrogen) atoms. The number of likely N-dealkylation sites (tertiary alicyclic amines) is 1. The predicted octanol–water partition coefficient (Wildman–Crippen LogP) is 3.58. The van der Waals surface area contributed by atoms with Gasteiger partial charge in [-0.15, -0.1) is 0 Å². The van der Waals surface area contributed by atoms with E-state index in [-0.39, 0.29) is 17.7 Å². The molecule has 1 amide bonds. The van der Waals surface area contributed by atoms with Crippen LogP contribution in [0.5, 0.6) is 0 Å². The van der Waals surface area contributed by atoms with Crippen LogP contribution < -0.4 is 10.9 Å². The van der Waals surface area contributed by atoms with Gasteiger partial charge in [-0.25, -0.2) is 9.78 Å². The van der Waals surface area contributed by atoms with E-state index in [4.69, 9.17) is 37.7 Å². The number of amides is 1. The maximum Gasteiger partial charge on any atom is 0.409 e. The minimum atomic E-state index is -0.427. The van der Waals surface area contributed by atoms with Crippen molar-refractivity contribution in [2.75, 3.05) is 32.1 Å². The Labute approximate surface area is 191 Å². The molecule has 1 aliphatic rings. The number of hydrogen-bond acceptors (Lipinski definition) is 6. The van der Waals surface area contributed by atoms with Crippen molar-refractivity contribution in [2.24, 2.45) is 7.05 Å². The van der Waals surface area contributed by atoms with E-state index in [9.17, 15) is 9.59 Å². The number of methoxy groups -OCH3 is 1. The molecule has 8 nitrogen and oxygen atoms in total. The standard InChI is InChI=1S/C21H26Cl2N4O4/c1-5-15-18(24-16-10-27(21(29)30-4)11-17(16)31-6-2)20(28)26(3)19(25-15)13-8-7-12(22)9-14(13)23/h7-9,16-17,24H,5-6,10-11H2,1-4H3/t16-,17+/m1/s1. The molecule has 1 aromatic carbocycles. The van der Waals surface area contributed by atoms with Gasteiger partial charge in [0.25, 0.3) is 5.56 Å². The van der Waals surface area contributed by atoms with Gasteiger partial charge in [0.05, 0.1) is 36.5 Å². The first-order valence-electron chi connectivity index (χ1n) is 10.1. The van der Waals surface area contributed by atoms with Gasteiger partial charge in [-0.05, 0) is 31.5 Å². The van der Waals surface area contributed by atoms with Crippen molar-refractivity contribution in [3.05, 3.63) is 44.3 Å². The summed E-state index contributed by atoms with van der Waals surface area (Å²) in [5, 5.41) is 4.21. The van der Waals surface area contributed by atoms with Crippen LogP contribution in [0.2, 0.25) is 10.0 Å². The predicted molar refractivity (Wildman–Crippen MR) is 121 cm³/mol. The van der Waals surface area contributed by atoms with Crippen LogP contribution in [-0.2, 0) is 22.9 Å². The molecule has 1 N–H and O–H groups in total. The Morgan fingerprint density at radius 1 is 1.29 bits per heavy atom. The maximum atomic E-state index is 13.3. The third kappa shape index (κ3) is 4.81. The second-order valence-corrected chi connectivity index (χ2v) is 8.06. The zero-order chi connectivity index (χ0) is 22.7. The zero-order valence-electron chi connectivity index (χ0n) is 17.9. The lowest BCUT2D eigenvalue weighted by Gasteiger charge is -2.22. The number of nitrogens with one attached hydrogen (secondary N) is 1. The Kier molecular flexibility index (Phi) is 7.46. The number of carbonyl (C=O) groups excluding carboxylic acids is 1. The molecule has 2 heterocycles. The number of benzene rings is 1. The summed E-state index contributed by atoms with van der Waals surface area (Å²) in [4.78, 5) is 31.6. The number of anilines is 1. The number of aryl methyl sites for hydroxylation is 1. The second kappa shape index (κ2) is 9.89. The van der Waals surface area contributed by atoms with E-state index in [2.05, 4.69) is 5.32 Å². The molecule has 2 aromatic rings. The van der Waals surface area contributed by atoms with Crippen molar-refractivity contribution in [1.29, 1.82) is 0 Å². The molecule has 2 atom stereocenters. The van der Waals surface area contributed by atoms with Crippen LogP contribution in [0.15, 0.2) is 23.0 Å². The third-order valence-electron chi connectivity index (χ3n) is 5.28. The normalized spacial score (nSPS) is 18.3. The number of aromatic nitrogens is 2. The average Bonchev–Trinajstić information content (AvgIpc) is 3.14. The van der Waals surface area contributed by atoms with Crippen molar-refractivity contribution in [3.8, 4) is 11.4 Å². The summed E-state index contributed by atoms with van der Waals surface area (Å²) in [5.74, 6) is 0.457. The Hall–Kier alpha value is -2.29. The molecule has 1 fully saturated rings. The van der Waals surface area contributed by atoms with Crippen molar-refractivity contribution in [1.82, 2.24) is 14.5 Å². The van der Waals surface area contributed by atoms with Gasteiger partial charge in [0, 0.05) is 30.8 Å². The highest BCUT2D eigenvalue weighted by Gasteiger charge is 2.37. The fourth-order valence-corrected chi connectivity index (χ4v) is 4.21. The number of ether oxygens (including phenoxy) is 2. The highest BCUT2D eigenvalue weighted by atomic mass is 35.5. The topological polar surface area (TPSA) is 85.7 Å². The SMILES string of the molecule is CCO[C@H]1CN(C(=O)OC)C[C@H]1Nc1c(CC)nc(-c2ccc(Cl)cc2Cl)n(C)c1=O. The lowest BCUT2D eigenvalue weighted by molar-refractivity contribution is 0.0614. The fraction of sp³-hybridized carbons (Fsp3) is 0.476. The first-order valence-corrected chi connectivity index (χ1v) is 10.8. The number of nitrogens with zero attached hydrogens (tertiary/aromatic N) is 3. The molecule has 1 aliphatic heterocycles. The van der Waals surface area contributed by atoms with Gasteiger partial charge in [-0.1, -0.05) is 30.1 Å². The van der Waals surface area contributed by atoms with Gasteiger partial charge < -0.3 is 19.7 Å². The van der Waals surface area contributed by atoms with Crippen LogP contribution in [0.4, 0.5) is 10.5 Å². The van der Waals surface area contributed by atoms with E-state index >= 15 is 0 Å². The van der Waals surface area contributed by atoms with Crippen LogP contribution in [0, 0.1) is 0 Å². The van der Waals surface area contributed by atoms with Crippen LogP contribution >= 0.6 is 23.2 Å². The molecule has 0 saturated carbocycles. The van der Waals surface area contributed by atoms with Crippen molar-refractivity contribution in [3.63, 3.8) is 0 Å². The first kappa shape index (κ1) is 23.4. The van der Waals surface area contributed by atoms with Crippen molar-refractivity contribution < 1.29 is 14.3 Å². The molecule has 0 radical (unpaired) electrons. The van der Waals surface area contributed by atoms with E-state index in [0.717, 1.165) is 0 Å². The van der Waals surface area contributed by atoms with Crippen LogP contribution in [0.25, 0.3) is 11.4 Å². The van der Waals surface area contributed by atoms with Crippen LogP contribution in [0.3, 0.4) is 0 Å². The Morgan fingerprint density at radius 2 is 2.03 bits per heavy atom. The number of halogens is 2. The molecule has 0 aliphatic carbocycles. The van der Waals surface area contributed by atoms with Gasteiger partial charge in [0.2, 0.25) is 0 Å². The molecule has 0 spiro atoms. The zero-order valence-corrected chi connectivity index (χ0v) is 19.5. The second-order valence-electron chi connectivity index (χ2n) is 7.22. The number of rotatable bonds is 6. The lowest BCUT2D eigenvalue weighted by Crippen LogP contribution is -2.38. The fourth-order valence-electron chi connectivity index (χ4n) is 3.72. The first-order chi connectivity index (χ1) is 14.8. The van der Waals surface area contributed by atoms with Gasteiger partial charge >= 0.3 is 6.09 Å². The minimum Gasteiger partial charge on any atom is -0.453 e. The van der Waals surface area contributed by atoms with Crippen LogP contribution in [-0.4, -0.2) is 59.5 Å². The quantitative estimate of drug-likeness (QED) is 0.696. The van der Waals surface area contributed by atoms with Crippen LogP contribution in [0.1, 0.15) is 19.5 Å². The molecule has 10 heteroatoms. The molecule has 0 unspecified atom stereocenters. The summed E-state index contributed by atoms with van der Waals surface area (Å²) in [6.45, 7) is 5.04. The third-order valence-corrected chi connectivity index (χ3v) is 5.83. The molecule has 1 saturated heterocycles. The minimum absolute atomic E-state index is 0.236. The Balaban J connectivity index is 1.99. The smallest absolute Gasteiger partial charge is 0.409 e. The van der Waals surface area contributed by atoms with Gasteiger partial charge in [-0.2, -0.15) is 0 Å². The van der Waals surface area contributed by atoms with Gasteiger partial charge in [0.15, 0.2) is 0 Å². The van der Waals surface area contributed by atoms with E-state index in [1.54, 1.807) is 30.1 Å². The largest absolute Gasteiger partial charge is 0.453 e. The highest BCUT2D eigenvalue weighted by molar-refractivity contribution is 6.36. The number of hydrogen-bond donors (Lipinski definition) is 1. The van der Waals surface area contributed by atoms with E-state index in [1.165, 1.54) is 11.7 Å². The lowest BCUT2D eigenvalue weighted by atomic mass is 10.1. The monoisotopic (exact) mass is 468 g/mol. The number of carbonyl (C=O) groups is 1. The molecule has 0 bridgehead atoms. The Bertz CT molecular complexity index is 1030. The van der Waals surface area contributed by atoms with Crippen molar-refractivity contribution in [2.45, 2.75) is 32.4 Å². The molecule has 168 valence electrons. The van der Waals surface area contributed by atoms with E-state index in [1.807, 2.05) is 13.8 Å². The summed E-state index contributed by atoms with van der Waals surface area (Å²) in [5.41, 5.74) is 1.38. The summed E-state index contributed by atoms with van der Waals surface area (Å²) < 4.78 is 12.1. The Morgan fingerprint density at radius 3 is 2.65 bits per heavy atom. The molecule has 1 aromatic heterocycles. The highest BCUT2D eigenvalue weighted by Crippen LogP contribution is 2.30. The van der Waals surface area contributed by atoms with Crippen molar-refractivity contribution >= 4 is 35.0 Å². The van der Waals surface area contributed by atoms with Gasteiger partial charge in [-0.3, -0.25) is 9.36 Å². The summed E-state index contributed by atoms with van der Waals surface area (Å²) in [6.07, 6.45) is -0.170. The van der Waals surface area contributed by atoms with E-state index < -0.39 is 6.09 Å². The van der Waals surface area contributed by atoms with E-state index in [0.29, 0.717) is 58.9 Å².